The lowest BCUT2D eigenvalue weighted by Gasteiger charge is -2.08. The van der Waals surface area contributed by atoms with Gasteiger partial charge in [-0.1, -0.05) is 24.3 Å². The molecule has 3 aromatic rings. The van der Waals surface area contributed by atoms with Gasteiger partial charge in [0.15, 0.2) is 0 Å². The fourth-order valence-electron chi connectivity index (χ4n) is 3.77. The van der Waals surface area contributed by atoms with Crippen LogP contribution in [0.5, 0.6) is 0 Å². The highest BCUT2D eigenvalue weighted by atomic mass is 32.1. The van der Waals surface area contributed by atoms with Crippen molar-refractivity contribution in [2.45, 2.75) is 27.3 Å². The Morgan fingerprint density at radius 2 is 1.97 bits per heavy atom. The Balaban J connectivity index is 1.88. The van der Waals surface area contributed by atoms with E-state index in [4.69, 9.17) is 4.74 Å². The van der Waals surface area contributed by atoms with Crippen LogP contribution in [-0.2, 0) is 16.1 Å². The van der Waals surface area contributed by atoms with Crippen molar-refractivity contribution in [1.29, 1.82) is 0 Å². The summed E-state index contributed by atoms with van der Waals surface area (Å²) in [6, 6.07) is 11.7. The standard InChI is InChI=1S/C23H22N2O3S/c1-4-28-23(27)21-15(3)25(13-16-8-7-11-29-16)14(2)18(21)12-19-17-9-5-6-10-20(17)24-22(19)26/h5-12H,4,13H2,1-3H3,(H,24,26)/b19-12-. The maximum absolute atomic E-state index is 12.8. The highest BCUT2D eigenvalue weighted by Gasteiger charge is 2.28. The third-order valence-electron chi connectivity index (χ3n) is 5.20. The molecule has 3 heterocycles. The molecule has 0 aliphatic carbocycles. The summed E-state index contributed by atoms with van der Waals surface area (Å²) in [6.07, 6.45) is 1.82. The molecule has 6 heteroatoms. The number of nitrogens with zero attached hydrogens (tertiary/aromatic N) is 1. The minimum Gasteiger partial charge on any atom is -0.462 e. The number of thiophene rings is 1. The molecule has 29 heavy (non-hydrogen) atoms. The van der Waals surface area contributed by atoms with Crippen LogP contribution < -0.4 is 5.32 Å². The molecule has 4 rings (SSSR count). The van der Waals surface area contributed by atoms with Gasteiger partial charge in [-0.3, -0.25) is 4.79 Å². The number of nitrogens with one attached hydrogen (secondary N) is 1. The summed E-state index contributed by atoms with van der Waals surface area (Å²) in [6.45, 7) is 6.67. The van der Waals surface area contributed by atoms with Crippen LogP contribution in [-0.4, -0.2) is 23.1 Å². The number of hydrogen-bond acceptors (Lipinski definition) is 4. The van der Waals surface area contributed by atoms with E-state index < -0.39 is 0 Å². The van der Waals surface area contributed by atoms with Gasteiger partial charge in [0.2, 0.25) is 0 Å². The van der Waals surface area contributed by atoms with Crippen LogP contribution in [0.1, 0.15) is 44.7 Å². The summed E-state index contributed by atoms with van der Waals surface area (Å²) < 4.78 is 7.45. The van der Waals surface area contributed by atoms with E-state index in [1.807, 2.05) is 55.6 Å². The maximum atomic E-state index is 12.8. The largest absolute Gasteiger partial charge is 0.462 e. The van der Waals surface area contributed by atoms with Crippen molar-refractivity contribution in [3.05, 3.63) is 74.7 Å². The van der Waals surface area contributed by atoms with E-state index in [1.165, 1.54) is 4.88 Å². The second kappa shape index (κ2) is 7.72. The molecular formula is C23H22N2O3S. The van der Waals surface area contributed by atoms with Crippen LogP contribution >= 0.6 is 11.3 Å². The number of ether oxygens (including phenoxy) is 1. The molecule has 2 aromatic heterocycles. The van der Waals surface area contributed by atoms with Gasteiger partial charge in [-0.2, -0.15) is 0 Å². The van der Waals surface area contributed by atoms with Gasteiger partial charge in [0, 0.05) is 38.7 Å². The number of carbonyl (C=O) groups is 2. The zero-order chi connectivity index (χ0) is 20.5. The Kier molecular flexibility index (Phi) is 5.11. The van der Waals surface area contributed by atoms with Gasteiger partial charge in [0.25, 0.3) is 5.91 Å². The fraction of sp³-hybridized carbons (Fsp3) is 0.217. The van der Waals surface area contributed by atoms with Gasteiger partial charge in [0.05, 0.1) is 18.7 Å². The first-order valence-corrected chi connectivity index (χ1v) is 10.4. The molecule has 0 spiro atoms. The number of carbonyl (C=O) groups excluding carboxylic acids is 2. The molecule has 0 saturated carbocycles. The average molecular weight is 407 g/mol. The summed E-state index contributed by atoms with van der Waals surface area (Å²) >= 11 is 1.68. The fourth-order valence-corrected chi connectivity index (χ4v) is 4.46. The lowest BCUT2D eigenvalue weighted by atomic mass is 10.0. The van der Waals surface area contributed by atoms with E-state index >= 15 is 0 Å². The van der Waals surface area contributed by atoms with Crippen LogP contribution in [0.25, 0.3) is 11.6 Å². The van der Waals surface area contributed by atoms with Gasteiger partial charge in [0.1, 0.15) is 0 Å². The molecule has 148 valence electrons. The minimum atomic E-state index is -0.364. The smallest absolute Gasteiger partial charge is 0.340 e. The monoisotopic (exact) mass is 406 g/mol. The number of rotatable bonds is 5. The molecule has 5 nitrogen and oxygen atoms in total. The first-order chi connectivity index (χ1) is 14.0. The van der Waals surface area contributed by atoms with Crippen molar-refractivity contribution in [2.24, 2.45) is 0 Å². The highest BCUT2D eigenvalue weighted by molar-refractivity contribution is 7.09. The van der Waals surface area contributed by atoms with Gasteiger partial charge >= 0.3 is 5.97 Å². The molecule has 1 aliphatic heterocycles. The van der Waals surface area contributed by atoms with Crippen LogP contribution in [0, 0.1) is 13.8 Å². The number of anilines is 1. The number of fused-ring (bicyclic) bond motifs is 1. The number of benzene rings is 1. The van der Waals surface area contributed by atoms with Gasteiger partial charge in [-0.15, -0.1) is 11.3 Å². The summed E-state index contributed by atoms with van der Waals surface area (Å²) in [7, 11) is 0. The van der Waals surface area contributed by atoms with E-state index in [0.717, 1.165) is 28.2 Å². The number of hydrogen-bond donors (Lipinski definition) is 1. The highest BCUT2D eigenvalue weighted by Crippen LogP contribution is 2.35. The normalized spacial score (nSPS) is 14.2. The SMILES string of the molecule is CCOC(=O)c1c(/C=C2\C(=O)Nc3ccccc32)c(C)n(Cc2cccs2)c1C. The van der Waals surface area contributed by atoms with E-state index in [9.17, 15) is 9.59 Å². The minimum absolute atomic E-state index is 0.163. The Morgan fingerprint density at radius 1 is 1.17 bits per heavy atom. The third-order valence-corrected chi connectivity index (χ3v) is 6.06. The summed E-state index contributed by atoms with van der Waals surface area (Å²) in [4.78, 5) is 26.6. The van der Waals surface area contributed by atoms with Crippen molar-refractivity contribution >= 4 is 40.5 Å². The average Bonchev–Trinajstić information content (AvgIpc) is 3.37. The first kappa shape index (κ1) is 19.2. The Morgan fingerprint density at radius 3 is 2.69 bits per heavy atom. The van der Waals surface area contributed by atoms with Crippen molar-refractivity contribution in [2.75, 3.05) is 11.9 Å². The molecule has 1 aromatic carbocycles. The van der Waals surface area contributed by atoms with Gasteiger partial charge < -0.3 is 14.6 Å². The molecule has 1 N–H and O–H groups in total. The number of aromatic nitrogens is 1. The van der Waals surface area contributed by atoms with Gasteiger partial charge in [-0.25, -0.2) is 4.79 Å². The lowest BCUT2D eigenvalue weighted by Crippen LogP contribution is -2.09. The molecule has 0 fully saturated rings. The molecule has 0 saturated heterocycles. The van der Waals surface area contributed by atoms with Crippen molar-refractivity contribution < 1.29 is 14.3 Å². The van der Waals surface area contributed by atoms with Crippen molar-refractivity contribution in [3.63, 3.8) is 0 Å². The van der Waals surface area contributed by atoms with Crippen LogP contribution in [0.4, 0.5) is 5.69 Å². The summed E-state index contributed by atoms with van der Waals surface area (Å²) in [5, 5.41) is 4.93. The molecule has 0 radical (unpaired) electrons. The predicted molar refractivity (Wildman–Crippen MR) is 116 cm³/mol. The maximum Gasteiger partial charge on any atom is 0.340 e. The van der Waals surface area contributed by atoms with Crippen LogP contribution in [0.2, 0.25) is 0 Å². The predicted octanol–water partition coefficient (Wildman–Crippen LogP) is 4.88. The molecule has 0 unspecified atom stereocenters. The first-order valence-electron chi connectivity index (χ1n) is 9.53. The quantitative estimate of drug-likeness (QED) is 0.485. The van der Waals surface area contributed by atoms with Crippen molar-refractivity contribution in [1.82, 2.24) is 4.57 Å². The number of para-hydroxylation sites is 1. The van der Waals surface area contributed by atoms with Gasteiger partial charge in [-0.05, 0) is 44.4 Å². The van der Waals surface area contributed by atoms with Crippen LogP contribution in [0.15, 0.2) is 41.8 Å². The lowest BCUT2D eigenvalue weighted by molar-refractivity contribution is -0.110. The Bertz CT molecular complexity index is 1120. The molecule has 0 atom stereocenters. The third kappa shape index (κ3) is 3.40. The Hall–Kier alpha value is -3.12. The number of amides is 1. The van der Waals surface area contributed by atoms with E-state index in [0.29, 0.717) is 24.3 Å². The zero-order valence-corrected chi connectivity index (χ0v) is 17.4. The topological polar surface area (TPSA) is 60.3 Å². The second-order valence-corrected chi connectivity index (χ2v) is 7.94. The molecule has 0 bridgehead atoms. The van der Waals surface area contributed by atoms with E-state index in [-0.39, 0.29) is 11.9 Å². The second-order valence-electron chi connectivity index (χ2n) is 6.90. The van der Waals surface area contributed by atoms with Crippen molar-refractivity contribution in [3.8, 4) is 0 Å². The molecule has 1 aliphatic rings. The summed E-state index contributed by atoms with van der Waals surface area (Å²) in [5.74, 6) is -0.527. The van der Waals surface area contributed by atoms with E-state index in [2.05, 4.69) is 16.0 Å². The molecule has 1 amide bonds. The van der Waals surface area contributed by atoms with E-state index in [1.54, 1.807) is 18.3 Å². The molecular weight excluding hydrogens is 384 g/mol. The Labute approximate surface area is 173 Å². The summed E-state index contributed by atoms with van der Waals surface area (Å²) in [5.41, 5.74) is 5.22. The van der Waals surface area contributed by atoms with Crippen LogP contribution in [0.3, 0.4) is 0 Å². The zero-order valence-electron chi connectivity index (χ0n) is 16.6. The number of esters is 1.